The summed E-state index contributed by atoms with van der Waals surface area (Å²) in [6.45, 7) is 4.82. The van der Waals surface area contributed by atoms with Gasteiger partial charge in [0.05, 0.1) is 0 Å². The third-order valence-electron chi connectivity index (χ3n) is 3.83. The molecule has 3 rings (SSSR count). The number of nitrogens with one attached hydrogen (secondary N) is 1. The van der Waals surface area contributed by atoms with Crippen LogP contribution in [-0.4, -0.2) is 65.1 Å². The average Bonchev–Trinajstić information content (AvgIpc) is 2.97. The fourth-order valence-corrected chi connectivity index (χ4v) is 4.09. The number of aromatic nitrogens is 2. The molecule has 3 heterocycles. The van der Waals surface area contributed by atoms with Gasteiger partial charge in [0.2, 0.25) is 0 Å². The molecule has 0 spiro atoms. The Morgan fingerprint density at radius 1 is 1.21 bits per heavy atom. The van der Waals surface area contributed by atoms with Crippen molar-refractivity contribution in [3.63, 3.8) is 0 Å². The van der Waals surface area contributed by atoms with E-state index in [1.54, 1.807) is 29.3 Å². The normalized spacial score (nSPS) is 16.9. The van der Waals surface area contributed by atoms with Crippen LogP contribution in [0.1, 0.15) is 24.3 Å². The van der Waals surface area contributed by atoms with E-state index in [0.717, 1.165) is 0 Å². The lowest BCUT2D eigenvalue weighted by atomic mass is 10.3. The lowest BCUT2D eigenvalue weighted by molar-refractivity contribution is 0.0691. The summed E-state index contributed by atoms with van der Waals surface area (Å²) >= 11 is 0. The van der Waals surface area contributed by atoms with Gasteiger partial charge in [-0.2, -0.15) is 17.4 Å². The van der Waals surface area contributed by atoms with Gasteiger partial charge in [0.25, 0.3) is 16.1 Å². The van der Waals surface area contributed by atoms with Crippen LogP contribution in [0.25, 0.3) is 5.65 Å². The maximum Gasteiger partial charge on any atom is 0.279 e. The first-order valence-corrected chi connectivity index (χ1v) is 9.31. The molecule has 0 bridgehead atoms. The molecule has 1 fully saturated rings. The van der Waals surface area contributed by atoms with Crippen LogP contribution in [0.2, 0.25) is 0 Å². The molecule has 130 valence electrons. The summed E-state index contributed by atoms with van der Waals surface area (Å²) in [4.78, 5) is 18.5. The summed E-state index contributed by atoms with van der Waals surface area (Å²) in [7, 11) is -3.49. The minimum atomic E-state index is -3.49. The molecule has 8 nitrogen and oxygen atoms in total. The maximum atomic E-state index is 12.6. The lowest BCUT2D eigenvalue weighted by Crippen LogP contribution is -2.54. The topological polar surface area (TPSA) is 87.0 Å². The molecule has 0 saturated carbocycles. The molecule has 2 aromatic heterocycles. The van der Waals surface area contributed by atoms with Gasteiger partial charge in [0.15, 0.2) is 0 Å². The van der Waals surface area contributed by atoms with Crippen LogP contribution < -0.4 is 4.72 Å². The van der Waals surface area contributed by atoms with Crippen molar-refractivity contribution in [3.05, 3.63) is 36.3 Å². The highest BCUT2D eigenvalue weighted by atomic mass is 32.2. The SMILES string of the molecule is CC(C)NS(=O)(=O)N1CCN(C(=O)c2cn3ccccc3n2)CC1. The van der Waals surface area contributed by atoms with E-state index in [-0.39, 0.29) is 25.0 Å². The number of carbonyl (C=O) groups excluding carboxylic acids is 1. The highest BCUT2D eigenvalue weighted by molar-refractivity contribution is 7.87. The quantitative estimate of drug-likeness (QED) is 0.860. The van der Waals surface area contributed by atoms with Crippen LogP contribution in [0.3, 0.4) is 0 Å². The first-order valence-electron chi connectivity index (χ1n) is 7.87. The molecule has 24 heavy (non-hydrogen) atoms. The molecular formula is C15H21N5O3S. The maximum absolute atomic E-state index is 12.6. The van der Waals surface area contributed by atoms with Gasteiger partial charge in [0, 0.05) is 44.6 Å². The van der Waals surface area contributed by atoms with Gasteiger partial charge in [-0.25, -0.2) is 4.98 Å². The van der Waals surface area contributed by atoms with E-state index in [2.05, 4.69) is 9.71 Å². The summed E-state index contributed by atoms with van der Waals surface area (Å²) < 4.78 is 30.0. The molecule has 0 aromatic carbocycles. The van der Waals surface area contributed by atoms with Crippen LogP contribution in [0, 0.1) is 0 Å². The Bertz CT molecular complexity index is 805. The second-order valence-corrected chi connectivity index (χ2v) is 7.76. The van der Waals surface area contributed by atoms with Gasteiger partial charge in [-0.1, -0.05) is 6.07 Å². The predicted molar refractivity (Wildman–Crippen MR) is 89.9 cm³/mol. The van der Waals surface area contributed by atoms with Crippen molar-refractivity contribution in [2.24, 2.45) is 0 Å². The van der Waals surface area contributed by atoms with Crippen molar-refractivity contribution in [1.82, 2.24) is 23.3 Å². The van der Waals surface area contributed by atoms with Crippen molar-refractivity contribution in [2.45, 2.75) is 19.9 Å². The highest BCUT2D eigenvalue weighted by Gasteiger charge is 2.30. The summed E-state index contributed by atoms with van der Waals surface area (Å²) in [6.07, 6.45) is 3.53. The summed E-state index contributed by atoms with van der Waals surface area (Å²) in [6, 6.07) is 5.40. The second kappa shape index (κ2) is 6.50. The third-order valence-corrected chi connectivity index (χ3v) is 5.65. The highest BCUT2D eigenvalue weighted by Crippen LogP contribution is 2.12. The number of rotatable bonds is 4. The Kier molecular flexibility index (Phi) is 4.57. The molecule has 0 aliphatic carbocycles. The number of carbonyl (C=O) groups is 1. The monoisotopic (exact) mass is 351 g/mol. The van der Waals surface area contributed by atoms with Crippen LogP contribution in [0.4, 0.5) is 0 Å². The zero-order valence-corrected chi connectivity index (χ0v) is 14.5. The summed E-state index contributed by atoms with van der Waals surface area (Å²) in [5, 5.41) is 0. The molecule has 1 saturated heterocycles. The summed E-state index contributed by atoms with van der Waals surface area (Å²) in [5.41, 5.74) is 1.08. The molecule has 1 amide bonds. The number of hydrogen-bond donors (Lipinski definition) is 1. The Labute approximate surface area is 141 Å². The minimum absolute atomic E-state index is 0.160. The van der Waals surface area contributed by atoms with E-state index in [1.807, 2.05) is 24.4 Å². The fourth-order valence-electron chi connectivity index (χ4n) is 2.70. The van der Waals surface area contributed by atoms with E-state index in [9.17, 15) is 13.2 Å². The van der Waals surface area contributed by atoms with Crippen molar-refractivity contribution >= 4 is 21.8 Å². The van der Waals surface area contributed by atoms with Crippen molar-refractivity contribution in [2.75, 3.05) is 26.2 Å². The second-order valence-electron chi connectivity index (χ2n) is 6.06. The van der Waals surface area contributed by atoms with Crippen LogP contribution in [0.5, 0.6) is 0 Å². The molecule has 2 aromatic rings. The van der Waals surface area contributed by atoms with Crippen molar-refractivity contribution in [3.8, 4) is 0 Å². The zero-order valence-electron chi connectivity index (χ0n) is 13.7. The standard InChI is InChI=1S/C15H21N5O3S/c1-12(2)17-24(22,23)20-9-7-18(8-10-20)15(21)13-11-19-6-4-3-5-14(19)16-13/h3-6,11-12,17H,7-10H2,1-2H3. The van der Waals surface area contributed by atoms with Gasteiger partial charge >= 0.3 is 0 Å². The Hall–Kier alpha value is -1.97. The van der Waals surface area contributed by atoms with Crippen molar-refractivity contribution < 1.29 is 13.2 Å². The number of imidazole rings is 1. The molecule has 1 aliphatic heterocycles. The minimum Gasteiger partial charge on any atom is -0.335 e. The van der Waals surface area contributed by atoms with Gasteiger partial charge < -0.3 is 9.30 Å². The van der Waals surface area contributed by atoms with E-state index in [0.29, 0.717) is 24.4 Å². The van der Waals surface area contributed by atoms with E-state index < -0.39 is 10.2 Å². The van der Waals surface area contributed by atoms with Gasteiger partial charge in [-0.15, -0.1) is 0 Å². The largest absolute Gasteiger partial charge is 0.335 e. The average molecular weight is 351 g/mol. The van der Waals surface area contributed by atoms with Crippen LogP contribution in [-0.2, 0) is 10.2 Å². The van der Waals surface area contributed by atoms with E-state index in [4.69, 9.17) is 0 Å². The number of fused-ring (bicyclic) bond motifs is 1. The third kappa shape index (κ3) is 3.42. The number of piperazine rings is 1. The van der Waals surface area contributed by atoms with Crippen LogP contribution in [0.15, 0.2) is 30.6 Å². The molecule has 1 N–H and O–H groups in total. The van der Waals surface area contributed by atoms with Crippen LogP contribution >= 0.6 is 0 Å². The molecule has 9 heteroatoms. The van der Waals surface area contributed by atoms with E-state index >= 15 is 0 Å². The molecule has 0 radical (unpaired) electrons. The molecule has 0 unspecified atom stereocenters. The first kappa shape index (κ1) is 16.9. The lowest BCUT2D eigenvalue weighted by Gasteiger charge is -2.34. The predicted octanol–water partition coefficient (Wildman–Crippen LogP) is 0.335. The number of nitrogens with zero attached hydrogens (tertiary/aromatic N) is 4. The van der Waals surface area contributed by atoms with Gasteiger partial charge in [0.1, 0.15) is 11.3 Å². The molecule has 1 aliphatic rings. The molecule has 0 atom stereocenters. The first-order chi connectivity index (χ1) is 11.4. The Balaban J connectivity index is 1.67. The number of pyridine rings is 1. The van der Waals surface area contributed by atoms with Gasteiger partial charge in [-0.3, -0.25) is 4.79 Å². The Morgan fingerprint density at radius 3 is 2.54 bits per heavy atom. The van der Waals surface area contributed by atoms with Crippen molar-refractivity contribution in [1.29, 1.82) is 0 Å². The zero-order chi connectivity index (χ0) is 17.3. The smallest absolute Gasteiger partial charge is 0.279 e. The number of amides is 1. The number of hydrogen-bond acceptors (Lipinski definition) is 4. The fraction of sp³-hybridized carbons (Fsp3) is 0.467. The Morgan fingerprint density at radius 2 is 1.92 bits per heavy atom. The molecular weight excluding hydrogens is 330 g/mol. The van der Waals surface area contributed by atoms with E-state index in [1.165, 1.54) is 4.31 Å². The van der Waals surface area contributed by atoms with Gasteiger partial charge in [-0.05, 0) is 26.0 Å². The summed E-state index contributed by atoms with van der Waals surface area (Å²) in [5.74, 6) is -0.174.